The third kappa shape index (κ3) is 7.95. The molecule has 42 heavy (non-hydrogen) atoms. The zero-order valence-corrected chi connectivity index (χ0v) is 26.1. The molecule has 2 amide bonds. The van der Waals surface area contributed by atoms with Gasteiger partial charge >= 0.3 is 0 Å². The van der Waals surface area contributed by atoms with Crippen molar-refractivity contribution in [3.05, 3.63) is 83.4 Å². The maximum absolute atomic E-state index is 14.2. The Balaban J connectivity index is 2.08. The summed E-state index contributed by atoms with van der Waals surface area (Å²) in [5.41, 5.74) is 0.934. The number of halogens is 1. The van der Waals surface area contributed by atoms with E-state index in [4.69, 9.17) is 21.1 Å². The number of hydrogen-bond donors (Lipinski definition) is 1. The lowest BCUT2D eigenvalue weighted by molar-refractivity contribution is -0.140. The Bertz CT molecular complexity index is 1450. The van der Waals surface area contributed by atoms with Crippen molar-refractivity contribution in [1.29, 1.82) is 0 Å². The second-order valence-corrected chi connectivity index (χ2v) is 12.0. The fourth-order valence-electron chi connectivity index (χ4n) is 4.35. The number of benzene rings is 3. The minimum absolute atomic E-state index is 0.00741. The third-order valence-electron chi connectivity index (χ3n) is 6.93. The number of hydrogen-bond acceptors (Lipinski definition) is 6. The molecular formula is C31H38ClN3O6S. The Kier molecular flexibility index (Phi) is 11.6. The topological polar surface area (TPSA) is 105 Å². The van der Waals surface area contributed by atoms with Crippen LogP contribution in [0.2, 0.25) is 5.02 Å². The Morgan fingerprint density at radius 3 is 2.14 bits per heavy atom. The Hall–Kier alpha value is -3.76. The van der Waals surface area contributed by atoms with Gasteiger partial charge < -0.3 is 19.7 Å². The Labute approximate surface area is 253 Å². The summed E-state index contributed by atoms with van der Waals surface area (Å²) in [5.74, 6) is 0.148. The molecule has 0 bridgehead atoms. The first-order chi connectivity index (χ1) is 20.0. The van der Waals surface area contributed by atoms with Crippen LogP contribution < -0.4 is 19.1 Å². The number of rotatable bonds is 14. The van der Waals surface area contributed by atoms with Gasteiger partial charge in [-0.25, -0.2) is 8.42 Å². The van der Waals surface area contributed by atoms with Gasteiger partial charge in [-0.15, -0.1) is 0 Å². The molecule has 3 rings (SSSR count). The zero-order valence-electron chi connectivity index (χ0n) is 24.5. The van der Waals surface area contributed by atoms with Crippen molar-refractivity contribution in [1.82, 2.24) is 10.2 Å². The van der Waals surface area contributed by atoms with Gasteiger partial charge in [0.25, 0.3) is 10.0 Å². The van der Waals surface area contributed by atoms with Gasteiger partial charge in [-0.1, -0.05) is 55.8 Å². The van der Waals surface area contributed by atoms with Gasteiger partial charge in [0.05, 0.1) is 29.8 Å². The zero-order chi connectivity index (χ0) is 30.9. The summed E-state index contributed by atoms with van der Waals surface area (Å²) < 4.78 is 39.4. The standard InChI is InChI=1S/C31H38ClN3O6S/c1-6-22(3)33-31(37)28(7-2)34(20-23-13-16-25(40-4)17-14-23)30(36)21-35(24-15-18-29(41-5)27(32)19-24)42(38,39)26-11-9-8-10-12-26/h8-19,22,28H,6-7,20-21H2,1-5H3,(H,33,37)/t22-,28+/m1/s1. The number of carbonyl (C=O) groups is 2. The van der Waals surface area contributed by atoms with Gasteiger partial charge in [0.2, 0.25) is 11.8 Å². The monoisotopic (exact) mass is 615 g/mol. The summed E-state index contributed by atoms with van der Waals surface area (Å²) in [5, 5.41) is 3.15. The number of ether oxygens (including phenoxy) is 2. The van der Waals surface area contributed by atoms with E-state index in [1.165, 1.54) is 36.3 Å². The molecular weight excluding hydrogens is 578 g/mol. The number of nitrogens with one attached hydrogen (secondary N) is 1. The van der Waals surface area contributed by atoms with Crippen LogP contribution in [-0.4, -0.2) is 58.0 Å². The van der Waals surface area contributed by atoms with Crippen LogP contribution in [0.15, 0.2) is 77.7 Å². The largest absolute Gasteiger partial charge is 0.497 e. The van der Waals surface area contributed by atoms with Gasteiger partial charge in [0.1, 0.15) is 24.1 Å². The average Bonchev–Trinajstić information content (AvgIpc) is 3.00. The van der Waals surface area contributed by atoms with Crippen LogP contribution in [0.25, 0.3) is 0 Å². The number of methoxy groups -OCH3 is 2. The van der Waals surface area contributed by atoms with Crippen molar-refractivity contribution in [3.8, 4) is 11.5 Å². The lowest BCUT2D eigenvalue weighted by Gasteiger charge is -2.33. The molecule has 0 aliphatic heterocycles. The minimum Gasteiger partial charge on any atom is -0.497 e. The molecule has 0 saturated heterocycles. The maximum Gasteiger partial charge on any atom is 0.264 e. The van der Waals surface area contributed by atoms with E-state index in [9.17, 15) is 18.0 Å². The lowest BCUT2D eigenvalue weighted by Crippen LogP contribution is -2.53. The van der Waals surface area contributed by atoms with Crippen molar-refractivity contribution in [3.63, 3.8) is 0 Å². The van der Waals surface area contributed by atoms with Gasteiger partial charge in [-0.3, -0.25) is 13.9 Å². The number of nitrogens with zero attached hydrogens (tertiary/aromatic N) is 2. The highest BCUT2D eigenvalue weighted by atomic mass is 35.5. The van der Waals surface area contributed by atoms with Crippen molar-refractivity contribution >= 4 is 39.1 Å². The second kappa shape index (κ2) is 14.9. The lowest BCUT2D eigenvalue weighted by atomic mass is 10.1. The van der Waals surface area contributed by atoms with E-state index < -0.39 is 28.5 Å². The van der Waals surface area contributed by atoms with Gasteiger partial charge in [0, 0.05) is 12.6 Å². The summed E-state index contributed by atoms with van der Waals surface area (Å²) in [6.45, 7) is 5.18. The molecule has 0 aromatic heterocycles. The molecule has 0 fully saturated rings. The normalized spacial score (nSPS) is 12.6. The molecule has 3 aromatic rings. The van der Waals surface area contributed by atoms with E-state index >= 15 is 0 Å². The highest BCUT2D eigenvalue weighted by Crippen LogP contribution is 2.32. The molecule has 0 spiro atoms. The molecule has 11 heteroatoms. The van der Waals surface area contributed by atoms with Crippen LogP contribution >= 0.6 is 11.6 Å². The van der Waals surface area contributed by atoms with E-state index in [0.717, 1.165) is 16.3 Å². The van der Waals surface area contributed by atoms with Gasteiger partial charge in [-0.05, 0) is 67.8 Å². The fourth-order valence-corrected chi connectivity index (χ4v) is 6.03. The third-order valence-corrected chi connectivity index (χ3v) is 9.02. The molecule has 0 aliphatic rings. The molecule has 0 radical (unpaired) electrons. The van der Waals surface area contributed by atoms with Gasteiger partial charge in [-0.2, -0.15) is 0 Å². The molecule has 0 aliphatic carbocycles. The molecule has 1 N–H and O–H groups in total. The highest BCUT2D eigenvalue weighted by Gasteiger charge is 2.34. The molecule has 9 nitrogen and oxygen atoms in total. The quantitative estimate of drug-likeness (QED) is 0.265. The van der Waals surface area contributed by atoms with Crippen molar-refractivity contribution in [2.45, 2.75) is 57.1 Å². The van der Waals surface area contributed by atoms with Crippen LogP contribution in [0, 0.1) is 0 Å². The van der Waals surface area contributed by atoms with Crippen LogP contribution in [0.3, 0.4) is 0 Å². The van der Waals surface area contributed by atoms with Crippen LogP contribution in [0.4, 0.5) is 5.69 Å². The second-order valence-electron chi connectivity index (χ2n) is 9.76. The van der Waals surface area contributed by atoms with Crippen LogP contribution in [-0.2, 0) is 26.2 Å². The summed E-state index contributed by atoms with van der Waals surface area (Å²) in [6, 6.07) is 18.6. The first kappa shape index (κ1) is 32.8. The molecule has 0 unspecified atom stereocenters. The Morgan fingerprint density at radius 1 is 0.929 bits per heavy atom. The van der Waals surface area contributed by atoms with Crippen molar-refractivity contribution < 1.29 is 27.5 Å². The minimum atomic E-state index is -4.21. The van der Waals surface area contributed by atoms with Crippen molar-refractivity contribution in [2.24, 2.45) is 0 Å². The van der Waals surface area contributed by atoms with E-state index in [1.54, 1.807) is 55.6 Å². The summed E-state index contributed by atoms with van der Waals surface area (Å²) >= 11 is 6.37. The predicted molar refractivity (Wildman–Crippen MR) is 164 cm³/mol. The summed E-state index contributed by atoms with van der Waals surface area (Å²) in [7, 11) is -1.19. The smallest absolute Gasteiger partial charge is 0.264 e. The first-order valence-corrected chi connectivity index (χ1v) is 15.5. The number of carbonyl (C=O) groups excluding carboxylic acids is 2. The molecule has 0 saturated carbocycles. The van der Waals surface area contributed by atoms with E-state index in [1.807, 2.05) is 20.8 Å². The number of anilines is 1. The molecule has 0 heterocycles. The average molecular weight is 616 g/mol. The fraction of sp³-hybridized carbons (Fsp3) is 0.355. The van der Waals surface area contributed by atoms with E-state index in [-0.39, 0.29) is 34.1 Å². The predicted octanol–water partition coefficient (Wildman–Crippen LogP) is 5.27. The number of sulfonamides is 1. The highest BCUT2D eigenvalue weighted by molar-refractivity contribution is 7.92. The van der Waals surface area contributed by atoms with Gasteiger partial charge in [0.15, 0.2) is 0 Å². The number of amides is 2. The van der Waals surface area contributed by atoms with Crippen LogP contribution in [0.5, 0.6) is 11.5 Å². The maximum atomic E-state index is 14.2. The first-order valence-electron chi connectivity index (χ1n) is 13.7. The SMILES string of the molecule is CC[C@@H](C)NC(=O)[C@H](CC)N(Cc1ccc(OC)cc1)C(=O)CN(c1ccc(OC)c(Cl)c1)S(=O)(=O)c1ccccc1. The summed E-state index contributed by atoms with van der Waals surface area (Å²) in [6.07, 6.45) is 1.04. The van der Waals surface area contributed by atoms with Crippen LogP contribution in [0.1, 0.15) is 39.2 Å². The molecule has 2 atom stereocenters. The van der Waals surface area contributed by atoms with E-state index in [0.29, 0.717) is 17.9 Å². The van der Waals surface area contributed by atoms with E-state index in [2.05, 4.69) is 5.32 Å². The van der Waals surface area contributed by atoms with Crippen molar-refractivity contribution in [2.75, 3.05) is 25.1 Å². The molecule has 3 aromatic carbocycles. The molecule has 226 valence electrons. The Morgan fingerprint density at radius 2 is 1.60 bits per heavy atom. The summed E-state index contributed by atoms with van der Waals surface area (Å²) in [4.78, 5) is 29.0.